The highest BCUT2D eigenvalue weighted by Gasteiger charge is 2.03. The van der Waals surface area contributed by atoms with Crippen molar-refractivity contribution in [2.75, 3.05) is 5.32 Å². The third-order valence-electron chi connectivity index (χ3n) is 1.71. The first-order valence-corrected chi connectivity index (χ1v) is 4.89. The van der Waals surface area contributed by atoms with E-state index in [0.29, 0.717) is 0 Å². The average Bonchev–Trinajstić information content (AvgIpc) is 2.17. The lowest BCUT2D eigenvalue weighted by atomic mass is 10.2. The zero-order valence-electron chi connectivity index (χ0n) is 7.42. The van der Waals surface area contributed by atoms with Gasteiger partial charge in [-0.05, 0) is 28.4 Å². The minimum atomic E-state index is 0.0821. The lowest BCUT2D eigenvalue weighted by molar-refractivity contribution is 0.856. The van der Waals surface area contributed by atoms with E-state index in [1.807, 2.05) is 13.0 Å². The fraction of sp³-hybridized carbons (Fsp3) is 0.300. The largest absolute Gasteiger partial charge is 0.371 e. The molecule has 0 aliphatic rings. The molecule has 0 saturated heterocycles. The van der Waals surface area contributed by atoms with E-state index >= 15 is 0 Å². The predicted octanol–water partition coefficient (Wildman–Crippen LogP) is 2.67. The van der Waals surface area contributed by atoms with Gasteiger partial charge in [-0.2, -0.15) is 0 Å². The van der Waals surface area contributed by atoms with Crippen molar-refractivity contribution >= 4 is 21.6 Å². The molecule has 3 heteroatoms. The van der Waals surface area contributed by atoms with E-state index in [2.05, 4.69) is 32.2 Å². The summed E-state index contributed by atoms with van der Waals surface area (Å²) in [4.78, 5) is 3.97. The Hall–Kier alpha value is -1.01. The fourth-order valence-corrected chi connectivity index (χ4v) is 1.31. The summed E-state index contributed by atoms with van der Waals surface area (Å²) in [5.74, 6) is 2.68. The van der Waals surface area contributed by atoms with Crippen molar-refractivity contribution in [1.82, 2.24) is 4.98 Å². The van der Waals surface area contributed by atoms with E-state index in [0.717, 1.165) is 16.6 Å². The number of hydrogen-bond donors (Lipinski definition) is 1. The van der Waals surface area contributed by atoms with E-state index in [4.69, 9.17) is 6.42 Å². The van der Waals surface area contributed by atoms with Crippen molar-refractivity contribution < 1.29 is 0 Å². The van der Waals surface area contributed by atoms with Crippen LogP contribution in [0.2, 0.25) is 0 Å². The van der Waals surface area contributed by atoms with Gasteiger partial charge < -0.3 is 5.32 Å². The number of nitrogens with zero attached hydrogens (tertiary/aromatic N) is 1. The molecule has 0 aliphatic carbocycles. The Morgan fingerprint density at radius 2 is 2.54 bits per heavy atom. The maximum Gasteiger partial charge on any atom is 0.0871 e. The molecule has 2 nitrogen and oxygen atoms in total. The number of nitrogens with one attached hydrogen (secondary N) is 1. The minimum absolute atomic E-state index is 0.0821. The standard InChI is InChI=1S/C10H11BrN2/c1-3-8(4-2)13-10-5-6-12-7-9(10)11/h1,5-8H,4H2,2H3,(H,12,13). The molecule has 1 atom stereocenters. The first-order valence-electron chi connectivity index (χ1n) is 4.10. The molecule has 0 saturated carbocycles. The predicted molar refractivity (Wildman–Crippen MR) is 58.5 cm³/mol. The van der Waals surface area contributed by atoms with Crippen LogP contribution in [-0.2, 0) is 0 Å². The molecular weight excluding hydrogens is 228 g/mol. The van der Waals surface area contributed by atoms with Gasteiger partial charge in [0.05, 0.1) is 16.2 Å². The molecule has 1 N–H and O–H groups in total. The quantitative estimate of drug-likeness (QED) is 0.820. The van der Waals surface area contributed by atoms with E-state index in [1.165, 1.54) is 0 Å². The van der Waals surface area contributed by atoms with Gasteiger partial charge in [0, 0.05) is 12.4 Å². The Labute approximate surface area is 86.9 Å². The highest BCUT2D eigenvalue weighted by Crippen LogP contribution is 2.20. The molecule has 0 radical (unpaired) electrons. The molecule has 0 bridgehead atoms. The van der Waals surface area contributed by atoms with Gasteiger partial charge in [-0.1, -0.05) is 12.8 Å². The zero-order chi connectivity index (χ0) is 9.68. The normalized spacial score (nSPS) is 11.8. The average molecular weight is 239 g/mol. The Kier molecular flexibility index (Phi) is 3.78. The van der Waals surface area contributed by atoms with E-state index < -0.39 is 0 Å². The van der Waals surface area contributed by atoms with Gasteiger partial charge in [-0.15, -0.1) is 6.42 Å². The van der Waals surface area contributed by atoms with Gasteiger partial charge in [-0.3, -0.25) is 4.98 Å². The van der Waals surface area contributed by atoms with Gasteiger partial charge in [-0.25, -0.2) is 0 Å². The van der Waals surface area contributed by atoms with Gasteiger partial charge in [0.25, 0.3) is 0 Å². The van der Waals surface area contributed by atoms with E-state index in [1.54, 1.807) is 12.4 Å². The van der Waals surface area contributed by atoms with Crippen LogP contribution in [0.25, 0.3) is 0 Å². The second kappa shape index (κ2) is 4.88. The summed E-state index contributed by atoms with van der Waals surface area (Å²) in [6.45, 7) is 2.05. The van der Waals surface area contributed by atoms with Gasteiger partial charge >= 0.3 is 0 Å². The molecule has 0 amide bonds. The lowest BCUT2D eigenvalue weighted by Gasteiger charge is -2.12. The Morgan fingerprint density at radius 3 is 3.08 bits per heavy atom. The number of aromatic nitrogens is 1. The molecule has 68 valence electrons. The molecule has 1 heterocycles. The monoisotopic (exact) mass is 238 g/mol. The van der Waals surface area contributed by atoms with Crippen LogP contribution >= 0.6 is 15.9 Å². The van der Waals surface area contributed by atoms with Crippen LogP contribution in [0.15, 0.2) is 22.9 Å². The number of halogens is 1. The molecule has 0 aliphatic heterocycles. The molecule has 0 spiro atoms. The van der Waals surface area contributed by atoms with Crippen molar-refractivity contribution in [2.24, 2.45) is 0 Å². The summed E-state index contributed by atoms with van der Waals surface area (Å²) in [5, 5.41) is 3.22. The van der Waals surface area contributed by atoms with Crippen LogP contribution in [0.4, 0.5) is 5.69 Å². The first kappa shape index (κ1) is 10.1. The van der Waals surface area contributed by atoms with Crippen molar-refractivity contribution in [1.29, 1.82) is 0 Å². The van der Waals surface area contributed by atoms with Crippen LogP contribution in [0, 0.1) is 12.3 Å². The molecule has 0 aromatic carbocycles. The van der Waals surface area contributed by atoms with Crippen molar-refractivity contribution in [3.63, 3.8) is 0 Å². The van der Waals surface area contributed by atoms with E-state index in [9.17, 15) is 0 Å². The summed E-state index contributed by atoms with van der Waals surface area (Å²) < 4.78 is 0.934. The molecule has 1 aromatic heterocycles. The molecule has 13 heavy (non-hydrogen) atoms. The smallest absolute Gasteiger partial charge is 0.0871 e. The minimum Gasteiger partial charge on any atom is -0.371 e. The van der Waals surface area contributed by atoms with Gasteiger partial charge in [0.2, 0.25) is 0 Å². The molecule has 1 unspecified atom stereocenters. The summed E-state index contributed by atoms with van der Waals surface area (Å²) in [5.41, 5.74) is 0.986. The number of pyridine rings is 1. The maximum atomic E-state index is 5.34. The van der Waals surface area contributed by atoms with Crippen molar-refractivity contribution in [3.05, 3.63) is 22.9 Å². The van der Waals surface area contributed by atoms with E-state index in [-0.39, 0.29) is 6.04 Å². The third kappa shape index (κ3) is 2.74. The highest BCUT2D eigenvalue weighted by molar-refractivity contribution is 9.10. The van der Waals surface area contributed by atoms with Crippen LogP contribution < -0.4 is 5.32 Å². The topological polar surface area (TPSA) is 24.9 Å². The van der Waals surface area contributed by atoms with Crippen LogP contribution in [0.1, 0.15) is 13.3 Å². The highest BCUT2D eigenvalue weighted by atomic mass is 79.9. The SMILES string of the molecule is C#CC(CC)Nc1ccncc1Br. The van der Waals surface area contributed by atoms with Crippen LogP contribution in [0.5, 0.6) is 0 Å². The third-order valence-corrected chi connectivity index (χ3v) is 2.34. The second-order valence-electron chi connectivity index (χ2n) is 2.63. The number of anilines is 1. The molecular formula is C10H11BrN2. The van der Waals surface area contributed by atoms with Gasteiger partial charge in [0.1, 0.15) is 0 Å². The van der Waals surface area contributed by atoms with Gasteiger partial charge in [0.15, 0.2) is 0 Å². The second-order valence-corrected chi connectivity index (χ2v) is 3.48. The Balaban J connectivity index is 2.74. The molecule has 0 fully saturated rings. The summed E-state index contributed by atoms with van der Waals surface area (Å²) >= 11 is 3.39. The summed E-state index contributed by atoms with van der Waals surface area (Å²) in [6.07, 6.45) is 9.72. The summed E-state index contributed by atoms with van der Waals surface area (Å²) in [6, 6.07) is 1.98. The summed E-state index contributed by atoms with van der Waals surface area (Å²) in [7, 11) is 0. The number of hydrogen-bond acceptors (Lipinski definition) is 2. The van der Waals surface area contributed by atoms with Crippen LogP contribution in [0.3, 0.4) is 0 Å². The molecule has 1 aromatic rings. The fourth-order valence-electron chi connectivity index (χ4n) is 0.942. The first-order chi connectivity index (χ1) is 6.27. The maximum absolute atomic E-state index is 5.34. The lowest BCUT2D eigenvalue weighted by Crippen LogP contribution is -2.15. The Morgan fingerprint density at radius 1 is 1.77 bits per heavy atom. The van der Waals surface area contributed by atoms with Crippen LogP contribution in [-0.4, -0.2) is 11.0 Å². The Bertz CT molecular complexity index is 317. The number of rotatable bonds is 3. The van der Waals surface area contributed by atoms with Crippen molar-refractivity contribution in [2.45, 2.75) is 19.4 Å². The zero-order valence-corrected chi connectivity index (χ0v) is 9.01. The number of terminal acetylenes is 1. The molecule has 1 rings (SSSR count). The van der Waals surface area contributed by atoms with Crippen molar-refractivity contribution in [3.8, 4) is 12.3 Å².